The van der Waals surface area contributed by atoms with Crippen LogP contribution in [0, 0.1) is 0 Å². The monoisotopic (exact) mass is 372 g/mol. The fraction of sp³-hybridized carbons (Fsp3) is 0.167. The topological polar surface area (TPSA) is 57.7 Å². The van der Waals surface area contributed by atoms with Gasteiger partial charge in [-0.25, -0.2) is 0 Å². The molecule has 1 saturated heterocycles. The Labute approximate surface area is 153 Å². The second-order valence-corrected chi connectivity index (χ2v) is 7.65. The molecule has 3 amide bonds. The molecule has 0 spiro atoms. The smallest absolute Gasteiger partial charge is 0.293 e. The van der Waals surface area contributed by atoms with E-state index in [1.54, 1.807) is 44.4 Å². The maximum atomic E-state index is 12.5. The third-order valence-corrected chi connectivity index (χ3v) is 5.36. The molecule has 1 aromatic heterocycles. The van der Waals surface area contributed by atoms with Crippen LogP contribution in [0.1, 0.15) is 20.8 Å². The van der Waals surface area contributed by atoms with E-state index in [1.165, 1.54) is 21.1 Å². The number of amides is 3. The van der Waals surface area contributed by atoms with E-state index in [9.17, 15) is 14.4 Å². The van der Waals surface area contributed by atoms with E-state index in [0.29, 0.717) is 10.5 Å². The molecule has 5 nitrogen and oxygen atoms in total. The molecule has 1 aliphatic rings. The van der Waals surface area contributed by atoms with E-state index in [2.05, 4.69) is 0 Å². The third-order valence-electron chi connectivity index (χ3n) is 3.64. The van der Waals surface area contributed by atoms with Gasteiger partial charge in [-0.2, -0.15) is 0 Å². The van der Waals surface area contributed by atoms with E-state index in [0.717, 1.165) is 22.2 Å². The highest BCUT2D eigenvalue weighted by Crippen LogP contribution is 2.33. The number of hydrogen-bond acceptors (Lipinski definition) is 5. The maximum Gasteiger partial charge on any atom is 0.293 e. The van der Waals surface area contributed by atoms with Crippen molar-refractivity contribution in [3.8, 4) is 0 Å². The molecule has 2 aromatic rings. The van der Waals surface area contributed by atoms with Gasteiger partial charge in [-0.1, -0.05) is 18.2 Å². The van der Waals surface area contributed by atoms with Crippen molar-refractivity contribution in [3.63, 3.8) is 0 Å². The number of thiophene rings is 1. The van der Waals surface area contributed by atoms with Crippen LogP contribution in [0.4, 0.5) is 4.79 Å². The lowest BCUT2D eigenvalue weighted by atomic mass is 10.1. The van der Waals surface area contributed by atoms with Gasteiger partial charge in [0.25, 0.3) is 17.1 Å². The normalized spacial score (nSPS) is 15.9. The predicted molar refractivity (Wildman–Crippen MR) is 100 cm³/mol. The molecule has 1 fully saturated rings. The van der Waals surface area contributed by atoms with Gasteiger partial charge >= 0.3 is 0 Å². The molecule has 128 valence electrons. The fourth-order valence-corrected chi connectivity index (χ4v) is 3.89. The van der Waals surface area contributed by atoms with Crippen molar-refractivity contribution in [1.82, 2.24) is 9.80 Å². The van der Waals surface area contributed by atoms with Crippen LogP contribution < -0.4 is 0 Å². The number of carbonyl (C=O) groups excluding carboxylic acids is 3. The lowest BCUT2D eigenvalue weighted by Gasteiger charge is -2.14. The van der Waals surface area contributed by atoms with Crippen molar-refractivity contribution >= 4 is 46.2 Å². The highest BCUT2D eigenvalue weighted by Gasteiger charge is 2.35. The van der Waals surface area contributed by atoms with Crippen LogP contribution in [0.3, 0.4) is 0 Å². The summed E-state index contributed by atoms with van der Waals surface area (Å²) >= 11 is 2.47. The van der Waals surface area contributed by atoms with Gasteiger partial charge in [0.2, 0.25) is 0 Å². The number of rotatable bonds is 4. The Hall–Kier alpha value is -2.38. The first-order valence-corrected chi connectivity index (χ1v) is 9.25. The van der Waals surface area contributed by atoms with Crippen molar-refractivity contribution in [2.24, 2.45) is 0 Å². The molecular formula is C18H16N2O3S2. The summed E-state index contributed by atoms with van der Waals surface area (Å²) in [5, 5.41) is 1.65. The van der Waals surface area contributed by atoms with E-state index in [-0.39, 0.29) is 23.6 Å². The SMILES string of the molecule is CN(C)C(=O)c1ccc(CN2C(=O)S/C(=C/c3cccs3)C2=O)cc1. The molecule has 0 N–H and O–H groups in total. The van der Waals surface area contributed by atoms with E-state index >= 15 is 0 Å². The van der Waals surface area contributed by atoms with E-state index < -0.39 is 0 Å². The molecule has 25 heavy (non-hydrogen) atoms. The fourth-order valence-electron chi connectivity index (χ4n) is 2.33. The van der Waals surface area contributed by atoms with Crippen LogP contribution in [0.2, 0.25) is 0 Å². The van der Waals surface area contributed by atoms with Gasteiger partial charge in [0.05, 0.1) is 11.4 Å². The Morgan fingerprint density at radius 2 is 1.88 bits per heavy atom. The minimum atomic E-state index is -0.281. The summed E-state index contributed by atoms with van der Waals surface area (Å²) in [6, 6.07) is 10.7. The second kappa shape index (κ2) is 7.25. The third kappa shape index (κ3) is 3.83. The van der Waals surface area contributed by atoms with Crippen LogP contribution in [0.25, 0.3) is 6.08 Å². The molecule has 7 heteroatoms. The van der Waals surface area contributed by atoms with Crippen molar-refractivity contribution in [3.05, 3.63) is 62.7 Å². The standard InChI is InChI=1S/C18H16N2O3S2/c1-19(2)16(21)13-7-5-12(6-8-13)11-20-17(22)15(25-18(20)23)10-14-4-3-9-24-14/h3-10H,11H2,1-2H3/b15-10+. The number of carbonyl (C=O) groups is 3. The van der Waals surface area contributed by atoms with Gasteiger partial charge in [0.1, 0.15) is 0 Å². The van der Waals surface area contributed by atoms with Crippen LogP contribution in [0.15, 0.2) is 46.7 Å². The lowest BCUT2D eigenvalue weighted by molar-refractivity contribution is -0.123. The number of thioether (sulfide) groups is 1. The minimum absolute atomic E-state index is 0.0865. The Morgan fingerprint density at radius 3 is 2.48 bits per heavy atom. The minimum Gasteiger partial charge on any atom is -0.345 e. The lowest BCUT2D eigenvalue weighted by Crippen LogP contribution is -2.27. The summed E-state index contributed by atoms with van der Waals surface area (Å²) < 4.78 is 0. The number of hydrogen-bond donors (Lipinski definition) is 0. The van der Waals surface area contributed by atoms with Gasteiger partial charge < -0.3 is 4.90 Å². The maximum absolute atomic E-state index is 12.5. The average molecular weight is 372 g/mol. The second-order valence-electron chi connectivity index (χ2n) is 5.68. The Bertz CT molecular complexity index is 840. The summed E-state index contributed by atoms with van der Waals surface area (Å²) in [7, 11) is 3.38. The predicted octanol–water partition coefficient (Wildman–Crippen LogP) is 3.69. The molecule has 1 aliphatic heterocycles. The van der Waals surface area contributed by atoms with Gasteiger partial charge in [0, 0.05) is 24.5 Å². The zero-order valence-corrected chi connectivity index (χ0v) is 15.4. The van der Waals surface area contributed by atoms with Crippen LogP contribution in [0.5, 0.6) is 0 Å². The zero-order valence-electron chi connectivity index (χ0n) is 13.8. The summed E-state index contributed by atoms with van der Waals surface area (Å²) in [6.45, 7) is 0.197. The van der Waals surface area contributed by atoms with Gasteiger partial charge in [-0.3, -0.25) is 19.3 Å². The first-order valence-electron chi connectivity index (χ1n) is 7.55. The Morgan fingerprint density at radius 1 is 1.16 bits per heavy atom. The molecule has 3 rings (SSSR count). The van der Waals surface area contributed by atoms with Crippen LogP contribution >= 0.6 is 23.1 Å². The number of benzene rings is 1. The largest absolute Gasteiger partial charge is 0.345 e. The molecule has 0 bridgehead atoms. The zero-order chi connectivity index (χ0) is 18.0. The molecule has 0 aliphatic carbocycles. The molecule has 2 heterocycles. The van der Waals surface area contributed by atoms with Crippen molar-refractivity contribution in [2.75, 3.05) is 14.1 Å². The summed E-state index contributed by atoms with van der Waals surface area (Å²) in [4.78, 5) is 40.6. The van der Waals surface area contributed by atoms with Crippen molar-refractivity contribution in [1.29, 1.82) is 0 Å². The van der Waals surface area contributed by atoms with Crippen LogP contribution in [-0.4, -0.2) is 40.9 Å². The quantitative estimate of drug-likeness (QED) is 0.768. The van der Waals surface area contributed by atoms with Gasteiger partial charge in [-0.15, -0.1) is 11.3 Å². The Kier molecular flexibility index (Phi) is 5.06. The van der Waals surface area contributed by atoms with Crippen LogP contribution in [-0.2, 0) is 11.3 Å². The number of nitrogens with zero attached hydrogens (tertiary/aromatic N) is 2. The van der Waals surface area contributed by atoms with Gasteiger partial charge in [0.15, 0.2) is 0 Å². The molecule has 0 radical (unpaired) electrons. The highest BCUT2D eigenvalue weighted by atomic mass is 32.2. The molecular weight excluding hydrogens is 356 g/mol. The van der Waals surface area contributed by atoms with Gasteiger partial charge in [-0.05, 0) is 47.0 Å². The molecule has 0 unspecified atom stereocenters. The number of imide groups is 1. The van der Waals surface area contributed by atoms with E-state index in [1.807, 2.05) is 17.5 Å². The highest BCUT2D eigenvalue weighted by molar-refractivity contribution is 8.18. The molecule has 0 atom stereocenters. The first kappa shape index (κ1) is 17.4. The summed E-state index contributed by atoms with van der Waals surface area (Å²) in [6.07, 6.45) is 1.74. The Balaban J connectivity index is 1.73. The van der Waals surface area contributed by atoms with Crippen molar-refractivity contribution < 1.29 is 14.4 Å². The van der Waals surface area contributed by atoms with E-state index in [4.69, 9.17) is 0 Å². The van der Waals surface area contributed by atoms with Crippen molar-refractivity contribution in [2.45, 2.75) is 6.54 Å². The summed E-state index contributed by atoms with van der Waals surface area (Å²) in [5.74, 6) is -0.367. The molecule has 0 saturated carbocycles. The summed E-state index contributed by atoms with van der Waals surface area (Å²) in [5.41, 5.74) is 1.37. The first-order chi connectivity index (χ1) is 12.0. The average Bonchev–Trinajstić information content (AvgIpc) is 3.19. The molecule has 1 aromatic carbocycles.